The van der Waals surface area contributed by atoms with Crippen molar-refractivity contribution in [1.82, 2.24) is 29.1 Å². The highest BCUT2D eigenvalue weighted by atomic mass is 31.2. The van der Waals surface area contributed by atoms with E-state index < -0.39 is 61.3 Å². The van der Waals surface area contributed by atoms with Crippen LogP contribution in [0.25, 0.3) is 5.69 Å². The molecule has 4 heterocycles. The van der Waals surface area contributed by atoms with Gasteiger partial charge in [-0.2, -0.15) is 10.2 Å². The molecule has 1 unspecified atom stereocenters. The van der Waals surface area contributed by atoms with Crippen molar-refractivity contribution in [2.24, 2.45) is 5.92 Å². The average Bonchev–Trinajstić information content (AvgIpc) is 4.12. The Kier molecular flexibility index (Phi) is 15.5. The number of carbonyl (C=O) groups excluding carboxylic acids is 2. The Hall–Kier alpha value is -7.13. The number of esters is 1. The van der Waals surface area contributed by atoms with Gasteiger partial charge in [0.15, 0.2) is 0 Å². The third-order valence-electron chi connectivity index (χ3n) is 12.4. The third kappa shape index (κ3) is 12.4. The molecule has 2 fully saturated rings. The molecule has 0 spiro atoms. The highest BCUT2D eigenvalue weighted by Gasteiger charge is 2.44. The quantitative estimate of drug-likeness (QED) is 0.0484. The van der Waals surface area contributed by atoms with E-state index in [-0.39, 0.29) is 17.2 Å². The second-order valence-electron chi connectivity index (χ2n) is 17.2. The predicted molar refractivity (Wildman–Crippen MR) is 251 cm³/mol. The number of piperazine rings is 1. The number of ether oxygens (including phenoxy) is 5. The lowest BCUT2D eigenvalue weighted by Crippen LogP contribution is -2.46. The van der Waals surface area contributed by atoms with Crippen LogP contribution in [0.4, 0.5) is 25.0 Å². The molecule has 6 aromatic rings. The Balaban J connectivity index is 0.791. The SMILES string of the molecule is CC[C@@H]([C@H](C)OC(=O)OC(C)OC(=O)c1ccc(OP(=O)(O)O)cc1)n1ncn(-c2ccc(N3CCN(c4ccc(OC[C@@H]5CO[C@@](CCn6cncn6)(c6ccc(F)cc6F)C5)cc4)CC3)cc2)c1=O. The first kappa shape index (κ1) is 50.3. The van der Waals surface area contributed by atoms with E-state index in [9.17, 15) is 23.3 Å². The molecule has 2 aliphatic rings. The van der Waals surface area contributed by atoms with Gasteiger partial charge in [0.2, 0.25) is 6.29 Å². The molecule has 5 atom stereocenters. The third-order valence-corrected chi connectivity index (χ3v) is 12.9. The normalized spacial score (nSPS) is 18.4. The van der Waals surface area contributed by atoms with Gasteiger partial charge in [0.1, 0.15) is 48.2 Å². The molecule has 0 radical (unpaired) electrons. The smallest absolute Gasteiger partial charge is 0.493 e. The molecular formula is C48H53F2N8O12P. The summed E-state index contributed by atoms with van der Waals surface area (Å²) < 4.78 is 76.9. The van der Waals surface area contributed by atoms with Crippen LogP contribution in [0.15, 0.2) is 115 Å². The number of aromatic nitrogens is 6. The first-order valence-electron chi connectivity index (χ1n) is 22.9. The molecule has 2 aliphatic heterocycles. The number of halogens is 2. The molecule has 2 N–H and O–H groups in total. The first-order chi connectivity index (χ1) is 34.1. The monoisotopic (exact) mass is 1000 g/mol. The van der Waals surface area contributed by atoms with Crippen LogP contribution < -0.4 is 24.8 Å². The van der Waals surface area contributed by atoms with Gasteiger partial charge < -0.3 is 38.0 Å². The number of aryl methyl sites for hydroxylation is 1. The zero-order valence-corrected chi connectivity index (χ0v) is 39.9. The summed E-state index contributed by atoms with van der Waals surface area (Å²) in [5.41, 5.74) is 1.57. The maximum atomic E-state index is 15.1. The van der Waals surface area contributed by atoms with E-state index in [2.05, 4.69) is 29.5 Å². The van der Waals surface area contributed by atoms with Crippen LogP contribution in [0.3, 0.4) is 0 Å². The number of rotatable bonds is 19. The van der Waals surface area contributed by atoms with Crippen molar-refractivity contribution < 1.29 is 60.9 Å². The predicted octanol–water partition coefficient (Wildman–Crippen LogP) is 6.80. The number of phosphoric acid groups is 1. The summed E-state index contributed by atoms with van der Waals surface area (Å²) in [6.07, 6.45) is 2.34. The number of carbonyl (C=O) groups is 2. The Labute approximate surface area is 406 Å². The molecule has 0 aliphatic carbocycles. The maximum Gasteiger partial charge on any atom is 0.524 e. The molecule has 20 nitrogen and oxygen atoms in total. The van der Waals surface area contributed by atoms with Gasteiger partial charge in [0.05, 0.1) is 36.1 Å². The van der Waals surface area contributed by atoms with Crippen LogP contribution >= 0.6 is 7.82 Å². The molecule has 0 bridgehead atoms. The molecule has 0 saturated carbocycles. The number of anilines is 2. The number of hydrogen-bond acceptors (Lipinski definition) is 15. The van der Waals surface area contributed by atoms with E-state index in [0.29, 0.717) is 56.0 Å². The average molecular weight is 1000 g/mol. The van der Waals surface area contributed by atoms with Crippen molar-refractivity contribution in [3.63, 3.8) is 0 Å². The fraction of sp³-hybridized carbons (Fsp3) is 0.375. The molecular weight excluding hydrogens is 950 g/mol. The Morgan fingerprint density at radius 3 is 2.11 bits per heavy atom. The number of hydrogen-bond donors (Lipinski definition) is 2. The van der Waals surface area contributed by atoms with Gasteiger partial charge in [0, 0.05) is 75.0 Å². The van der Waals surface area contributed by atoms with E-state index >= 15 is 4.39 Å². The molecule has 71 heavy (non-hydrogen) atoms. The van der Waals surface area contributed by atoms with E-state index in [1.807, 2.05) is 55.5 Å². The first-order valence-corrected chi connectivity index (χ1v) is 24.4. The Morgan fingerprint density at radius 2 is 1.49 bits per heavy atom. The minimum absolute atomic E-state index is 0.00238. The second kappa shape index (κ2) is 21.9. The van der Waals surface area contributed by atoms with Crippen molar-refractivity contribution >= 4 is 31.3 Å². The minimum Gasteiger partial charge on any atom is -0.493 e. The standard InChI is InChI=1S/C48H53F2N8O12P/c1-4-44(32(2)67-47(61)69-33(3)68-45(59)35-5-14-41(15-6-35)70-71(62,63)64)58-46(60)57(31-53-58)39-10-8-37(9-11-39)54-21-23-55(24-22-54)38-12-16-40(17-13-38)65-27-34-26-48(66-28-34,19-20-56-30-51-29-52-56)42-18-7-36(49)25-43(42)50/h5-18,25,29-34,44H,4,19-24,26-28H2,1-3H3,(H2,62,63,64)/t32-,33?,34+,44-,48+/m0/s1. The lowest BCUT2D eigenvalue weighted by Gasteiger charge is -2.37. The van der Waals surface area contributed by atoms with Gasteiger partial charge in [-0.05, 0) is 98.6 Å². The van der Waals surface area contributed by atoms with Crippen LogP contribution in [-0.4, -0.2) is 103 Å². The number of benzene rings is 4. The highest BCUT2D eigenvalue weighted by molar-refractivity contribution is 7.46. The van der Waals surface area contributed by atoms with Crippen molar-refractivity contribution in [1.29, 1.82) is 0 Å². The van der Waals surface area contributed by atoms with Gasteiger partial charge >= 0.3 is 25.6 Å². The van der Waals surface area contributed by atoms with Crippen LogP contribution in [0.5, 0.6) is 11.5 Å². The van der Waals surface area contributed by atoms with E-state index in [1.54, 1.807) is 17.9 Å². The molecule has 4 aromatic carbocycles. The lowest BCUT2D eigenvalue weighted by atomic mass is 9.84. The maximum absolute atomic E-state index is 15.1. The Bertz CT molecular complexity index is 2860. The largest absolute Gasteiger partial charge is 0.524 e. The summed E-state index contributed by atoms with van der Waals surface area (Å²) in [5.74, 6) is -1.66. The zero-order valence-electron chi connectivity index (χ0n) is 39.0. The molecule has 0 amide bonds. The van der Waals surface area contributed by atoms with Crippen molar-refractivity contribution in [3.05, 3.63) is 143 Å². The van der Waals surface area contributed by atoms with E-state index in [4.69, 9.17) is 33.5 Å². The lowest BCUT2D eigenvalue weighted by molar-refractivity contribution is -0.0919. The van der Waals surface area contributed by atoms with Gasteiger partial charge in [-0.25, -0.2) is 42.0 Å². The Morgan fingerprint density at radius 1 is 0.845 bits per heavy atom. The summed E-state index contributed by atoms with van der Waals surface area (Å²) in [4.78, 5) is 65.3. The summed E-state index contributed by atoms with van der Waals surface area (Å²) in [6, 6.07) is 23.3. The fourth-order valence-electron chi connectivity index (χ4n) is 8.83. The van der Waals surface area contributed by atoms with Crippen molar-refractivity contribution in [2.45, 2.75) is 70.6 Å². The van der Waals surface area contributed by atoms with E-state index in [1.165, 1.54) is 65.2 Å². The summed E-state index contributed by atoms with van der Waals surface area (Å²) >= 11 is 0. The molecule has 376 valence electrons. The summed E-state index contributed by atoms with van der Waals surface area (Å²) in [6.45, 7) is 8.95. The van der Waals surface area contributed by atoms with Crippen molar-refractivity contribution in [3.8, 4) is 17.2 Å². The highest BCUT2D eigenvalue weighted by Crippen LogP contribution is 2.44. The summed E-state index contributed by atoms with van der Waals surface area (Å²) in [5, 5.41) is 8.49. The van der Waals surface area contributed by atoms with Crippen molar-refractivity contribution in [2.75, 3.05) is 49.2 Å². The number of phosphoric ester groups is 1. The second-order valence-corrected chi connectivity index (χ2v) is 18.3. The van der Waals surface area contributed by atoms with Crippen LogP contribution in [0.2, 0.25) is 0 Å². The van der Waals surface area contributed by atoms with Gasteiger partial charge in [0.25, 0.3) is 0 Å². The topological polar surface area (TPSA) is 224 Å². The zero-order chi connectivity index (χ0) is 50.3. The molecule has 8 rings (SSSR count). The number of nitrogens with zero attached hydrogens (tertiary/aromatic N) is 8. The minimum atomic E-state index is -4.78. The molecule has 23 heteroatoms. The van der Waals surface area contributed by atoms with Crippen LogP contribution in [0, 0.1) is 17.6 Å². The fourth-order valence-corrected chi connectivity index (χ4v) is 9.23. The molecule has 2 saturated heterocycles. The van der Waals surface area contributed by atoms with Crippen LogP contribution in [-0.2, 0) is 35.7 Å². The van der Waals surface area contributed by atoms with Gasteiger partial charge in [-0.1, -0.05) is 13.0 Å². The van der Waals surface area contributed by atoms with E-state index in [0.717, 1.165) is 43.6 Å². The van der Waals surface area contributed by atoms with Gasteiger partial charge in [-0.3, -0.25) is 14.5 Å². The van der Waals surface area contributed by atoms with Gasteiger partial charge in [-0.15, -0.1) is 0 Å². The summed E-state index contributed by atoms with van der Waals surface area (Å²) in [7, 11) is -4.78. The molecule has 2 aromatic heterocycles. The van der Waals surface area contributed by atoms with Crippen LogP contribution in [0.1, 0.15) is 62.0 Å².